The molecule has 0 amide bonds. The molecule has 0 spiro atoms. The van der Waals surface area contributed by atoms with Crippen LogP contribution >= 0.6 is 11.3 Å². The van der Waals surface area contributed by atoms with Crippen molar-refractivity contribution in [2.45, 2.75) is 26.4 Å². The Bertz CT molecular complexity index is 785. The predicted molar refractivity (Wildman–Crippen MR) is 81.5 cm³/mol. The Morgan fingerprint density at radius 3 is 2.81 bits per heavy atom. The molecule has 0 N–H and O–H groups in total. The van der Waals surface area contributed by atoms with Crippen molar-refractivity contribution < 1.29 is 9.53 Å². The molecule has 0 aliphatic carbocycles. The number of rotatable bonds is 2. The average Bonchev–Trinajstić information content (AvgIpc) is 3.05. The van der Waals surface area contributed by atoms with Crippen molar-refractivity contribution in [2.24, 2.45) is 0 Å². The number of fused-ring (bicyclic) bond motifs is 1. The quantitative estimate of drug-likeness (QED) is 0.681. The molecule has 0 saturated carbocycles. The fraction of sp³-hybridized carbons (Fsp3) is 0.267. The molecule has 21 heavy (non-hydrogen) atoms. The number of esters is 1. The third-order valence-electron chi connectivity index (χ3n) is 2.79. The van der Waals surface area contributed by atoms with Crippen molar-refractivity contribution in [3.8, 4) is 10.6 Å². The summed E-state index contributed by atoms with van der Waals surface area (Å²) in [7, 11) is 0. The van der Waals surface area contributed by atoms with Crippen molar-refractivity contribution in [2.75, 3.05) is 0 Å². The first-order chi connectivity index (χ1) is 9.96. The zero-order valence-corrected chi connectivity index (χ0v) is 12.8. The van der Waals surface area contributed by atoms with E-state index in [0.717, 1.165) is 10.6 Å². The number of carbonyl (C=O) groups is 1. The smallest absolute Gasteiger partial charge is 0.344 e. The first kappa shape index (κ1) is 13.8. The van der Waals surface area contributed by atoms with Crippen LogP contribution in [0.4, 0.5) is 0 Å². The molecule has 3 aromatic rings. The highest BCUT2D eigenvalue weighted by molar-refractivity contribution is 7.13. The molecule has 5 nitrogen and oxygen atoms in total. The summed E-state index contributed by atoms with van der Waals surface area (Å²) >= 11 is 1.61. The summed E-state index contributed by atoms with van der Waals surface area (Å²) < 4.78 is 7.06. The van der Waals surface area contributed by atoms with Gasteiger partial charge in [-0.2, -0.15) is 5.10 Å². The van der Waals surface area contributed by atoms with Crippen molar-refractivity contribution >= 4 is 23.0 Å². The lowest BCUT2D eigenvalue weighted by Crippen LogP contribution is -2.23. The van der Waals surface area contributed by atoms with Crippen LogP contribution in [0, 0.1) is 0 Å². The van der Waals surface area contributed by atoms with Crippen LogP contribution in [-0.2, 0) is 4.74 Å². The minimum absolute atomic E-state index is 0.378. The molecule has 3 heterocycles. The van der Waals surface area contributed by atoms with Gasteiger partial charge in [0.05, 0.1) is 16.8 Å². The van der Waals surface area contributed by atoms with Crippen molar-refractivity contribution in [1.82, 2.24) is 14.6 Å². The van der Waals surface area contributed by atoms with E-state index in [0.29, 0.717) is 11.2 Å². The first-order valence-electron chi connectivity index (χ1n) is 6.56. The van der Waals surface area contributed by atoms with Gasteiger partial charge in [-0.1, -0.05) is 6.07 Å². The summed E-state index contributed by atoms with van der Waals surface area (Å²) in [5, 5.41) is 6.29. The molecular weight excluding hydrogens is 286 g/mol. The highest BCUT2D eigenvalue weighted by Crippen LogP contribution is 2.25. The molecule has 0 unspecified atom stereocenters. The van der Waals surface area contributed by atoms with Gasteiger partial charge in [0.15, 0.2) is 5.65 Å². The van der Waals surface area contributed by atoms with Gasteiger partial charge < -0.3 is 4.74 Å². The van der Waals surface area contributed by atoms with E-state index in [1.54, 1.807) is 22.0 Å². The van der Waals surface area contributed by atoms with Crippen LogP contribution in [0.25, 0.3) is 16.2 Å². The summed E-state index contributed by atoms with van der Waals surface area (Å²) in [6, 6.07) is 5.86. The van der Waals surface area contributed by atoms with Crippen molar-refractivity contribution in [3.05, 3.63) is 41.5 Å². The van der Waals surface area contributed by atoms with Gasteiger partial charge in [-0.15, -0.1) is 11.3 Å². The molecule has 3 aromatic heterocycles. The van der Waals surface area contributed by atoms with E-state index < -0.39 is 11.6 Å². The third kappa shape index (κ3) is 2.67. The van der Waals surface area contributed by atoms with Gasteiger partial charge >= 0.3 is 5.97 Å². The van der Waals surface area contributed by atoms with Crippen LogP contribution in [-0.4, -0.2) is 26.2 Å². The summed E-state index contributed by atoms with van der Waals surface area (Å²) in [5.74, 6) is -0.409. The van der Waals surface area contributed by atoms with Gasteiger partial charge in [-0.05, 0) is 38.3 Å². The molecular formula is C15H15N3O2S. The topological polar surface area (TPSA) is 56.5 Å². The van der Waals surface area contributed by atoms with Crippen molar-refractivity contribution in [3.63, 3.8) is 0 Å². The standard InChI is InChI=1S/C15H15N3O2S/c1-15(2,3)20-14(19)10-9-17-18-11(6-7-16-13(10)18)12-5-4-8-21-12/h4-9H,1-3H3. The predicted octanol–water partition coefficient (Wildman–Crippen LogP) is 3.41. The molecule has 0 aromatic carbocycles. The van der Waals surface area contributed by atoms with Crippen LogP contribution in [0.15, 0.2) is 36.0 Å². The lowest BCUT2D eigenvalue weighted by atomic mass is 10.2. The number of carbonyl (C=O) groups excluding carboxylic acids is 1. The SMILES string of the molecule is CC(C)(C)OC(=O)c1cnn2c(-c3cccs3)ccnc12. The van der Waals surface area contributed by atoms with Gasteiger partial charge in [0, 0.05) is 6.20 Å². The van der Waals surface area contributed by atoms with Crippen molar-refractivity contribution in [1.29, 1.82) is 0 Å². The van der Waals surface area contributed by atoms with E-state index in [9.17, 15) is 4.79 Å². The average molecular weight is 301 g/mol. The second-order valence-electron chi connectivity index (χ2n) is 5.60. The number of hydrogen-bond acceptors (Lipinski definition) is 5. The maximum atomic E-state index is 12.2. The molecule has 0 atom stereocenters. The Hall–Kier alpha value is -2.21. The van der Waals surface area contributed by atoms with Crippen LogP contribution in [0.2, 0.25) is 0 Å². The maximum Gasteiger partial charge on any atom is 0.344 e. The summed E-state index contributed by atoms with van der Waals surface area (Å²) in [4.78, 5) is 17.6. The van der Waals surface area contributed by atoms with Crippen LogP contribution < -0.4 is 0 Å². The van der Waals surface area contributed by atoms with Gasteiger partial charge in [-0.3, -0.25) is 0 Å². The lowest BCUT2D eigenvalue weighted by Gasteiger charge is -2.18. The molecule has 0 radical (unpaired) electrons. The molecule has 6 heteroatoms. The van der Waals surface area contributed by atoms with E-state index >= 15 is 0 Å². The molecule has 0 fully saturated rings. The summed E-state index contributed by atoms with van der Waals surface area (Å²) in [6.07, 6.45) is 3.19. The second kappa shape index (κ2) is 4.96. The Kier molecular flexibility index (Phi) is 3.25. The molecule has 3 rings (SSSR count). The van der Waals surface area contributed by atoms with E-state index in [1.165, 1.54) is 6.20 Å². The Labute approximate surface area is 126 Å². The zero-order chi connectivity index (χ0) is 15.0. The van der Waals surface area contributed by atoms with E-state index in [-0.39, 0.29) is 0 Å². The van der Waals surface area contributed by atoms with Gasteiger partial charge in [0.25, 0.3) is 0 Å². The highest BCUT2D eigenvalue weighted by Gasteiger charge is 2.22. The molecule has 0 saturated heterocycles. The zero-order valence-electron chi connectivity index (χ0n) is 12.0. The summed E-state index contributed by atoms with van der Waals surface area (Å²) in [6.45, 7) is 5.50. The Morgan fingerprint density at radius 1 is 1.33 bits per heavy atom. The highest BCUT2D eigenvalue weighted by atomic mass is 32.1. The second-order valence-corrected chi connectivity index (χ2v) is 6.55. The molecule has 108 valence electrons. The van der Waals surface area contributed by atoms with Gasteiger partial charge in [-0.25, -0.2) is 14.3 Å². The van der Waals surface area contributed by atoms with Crippen LogP contribution in [0.1, 0.15) is 31.1 Å². The summed E-state index contributed by atoms with van der Waals surface area (Å²) in [5.41, 5.74) is 1.25. The van der Waals surface area contributed by atoms with E-state index in [4.69, 9.17) is 4.74 Å². The number of thiophene rings is 1. The van der Waals surface area contributed by atoms with Crippen LogP contribution in [0.5, 0.6) is 0 Å². The van der Waals surface area contributed by atoms with E-state index in [1.807, 2.05) is 44.4 Å². The number of ether oxygens (including phenoxy) is 1. The fourth-order valence-electron chi connectivity index (χ4n) is 1.98. The normalized spacial score (nSPS) is 11.8. The lowest BCUT2D eigenvalue weighted by molar-refractivity contribution is 0.00716. The monoisotopic (exact) mass is 301 g/mol. The largest absolute Gasteiger partial charge is 0.456 e. The van der Waals surface area contributed by atoms with E-state index in [2.05, 4.69) is 10.1 Å². The number of hydrogen-bond donors (Lipinski definition) is 0. The minimum atomic E-state index is -0.545. The number of nitrogens with zero attached hydrogens (tertiary/aromatic N) is 3. The maximum absolute atomic E-state index is 12.2. The van der Waals surface area contributed by atoms with Crippen LogP contribution in [0.3, 0.4) is 0 Å². The van der Waals surface area contributed by atoms with Gasteiger partial charge in [0.1, 0.15) is 11.2 Å². The fourth-order valence-corrected chi connectivity index (χ4v) is 2.72. The number of aromatic nitrogens is 3. The third-order valence-corrected chi connectivity index (χ3v) is 3.69. The minimum Gasteiger partial charge on any atom is -0.456 e. The Balaban J connectivity index is 2.08. The molecule has 0 aliphatic rings. The Morgan fingerprint density at radius 2 is 2.14 bits per heavy atom. The van der Waals surface area contributed by atoms with Gasteiger partial charge in [0.2, 0.25) is 0 Å². The first-order valence-corrected chi connectivity index (χ1v) is 7.44. The molecule has 0 aliphatic heterocycles. The molecule has 0 bridgehead atoms.